The average Bonchev–Trinajstić information content (AvgIpc) is 2.81. The standard InChI is InChI=1S/C25H22BrN3O4/c1-2-31-21-5-3-4-6-22(21)33-23-14-28-25(27)29-24(23)19-12-11-18(13-20(19)30)32-15-16-7-9-17(26)10-8-16/h3-14,30H,2,15H2,1H3,(H2,27,28,29). The Morgan fingerprint density at radius 3 is 2.42 bits per heavy atom. The molecule has 0 saturated heterocycles. The third-order valence-corrected chi connectivity index (χ3v) is 5.21. The molecule has 8 heteroatoms. The lowest BCUT2D eigenvalue weighted by Crippen LogP contribution is -2.01. The van der Waals surface area contributed by atoms with Crippen LogP contribution < -0.4 is 19.9 Å². The van der Waals surface area contributed by atoms with E-state index in [1.54, 1.807) is 18.2 Å². The Balaban J connectivity index is 1.59. The fourth-order valence-electron chi connectivity index (χ4n) is 3.13. The van der Waals surface area contributed by atoms with E-state index in [-0.39, 0.29) is 11.7 Å². The Morgan fingerprint density at radius 2 is 1.70 bits per heavy atom. The molecule has 0 saturated carbocycles. The second-order valence-electron chi connectivity index (χ2n) is 7.02. The number of hydrogen-bond donors (Lipinski definition) is 2. The predicted molar refractivity (Wildman–Crippen MR) is 130 cm³/mol. The largest absolute Gasteiger partial charge is 0.507 e. The van der Waals surface area contributed by atoms with Crippen molar-refractivity contribution in [1.82, 2.24) is 9.97 Å². The molecule has 33 heavy (non-hydrogen) atoms. The summed E-state index contributed by atoms with van der Waals surface area (Å²) in [5.41, 5.74) is 7.62. The summed E-state index contributed by atoms with van der Waals surface area (Å²) in [7, 11) is 0. The van der Waals surface area contributed by atoms with Crippen molar-refractivity contribution in [2.45, 2.75) is 13.5 Å². The number of para-hydroxylation sites is 2. The number of benzene rings is 3. The van der Waals surface area contributed by atoms with Gasteiger partial charge in [-0.25, -0.2) is 9.97 Å². The van der Waals surface area contributed by atoms with Gasteiger partial charge in [0.2, 0.25) is 5.95 Å². The number of aromatic hydroxyl groups is 1. The van der Waals surface area contributed by atoms with Gasteiger partial charge < -0.3 is 25.1 Å². The number of rotatable bonds is 8. The molecule has 3 aromatic carbocycles. The number of nitrogens with zero attached hydrogens (tertiary/aromatic N) is 2. The van der Waals surface area contributed by atoms with E-state index in [2.05, 4.69) is 25.9 Å². The zero-order valence-corrected chi connectivity index (χ0v) is 19.5. The lowest BCUT2D eigenvalue weighted by atomic mass is 10.1. The van der Waals surface area contributed by atoms with Crippen LogP contribution in [0.25, 0.3) is 11.3 Å². The number of ether oxygens (including phenoxy) is 3. The van der Waals surface area contributed by atoms with E-state index in [0.717, 1.165) is 10.0 Å². The van der Waals surface area contributed by atoms with Crippen molar-refractivity contribution in [3.63, 3.8) is 0 Å². The van der Waals surface area contributed by atoms with Gasteiger partial charge in [0.05, 0.1) is 12.8 Å². The molecule has 0 aliphatic rings. The second-order valence-corrected chi connectivity index (χ2v) is 7.93. The number of nitrogen functional groups attached to an aromatic ring is 1. The molecule has 0 unspecified atom stereocenters. The third-order valence-electron chi connectivity index (χ3n) is 4.69. The van der Waals surface area contributed by atoms with Gasteiger partial charge in [0.15, 0.2) is 17.2 Å². The third kappa shape index (κ3) is 5.53. The predicted octanol–water partition coefficient (Wildman–Crippen LogP) is 5.96. The highest BCUT2D eigenvalue weighted by atomic mass is 79.9. The Labute approximate surface area is 199 Å². The second kappa shape index (κ2) is 10.2. The quantitative estimate of drug-likeness (QED) is 0.303. The minimum absolute atomic E-state index is 0.0238. The summed E-state index contributed by atoms with van der Waals surface area (Å²) in [5.74, 6) is 1.97. The lowest BCUT2D eigenvalue weighted by molar-refractivity contribution is 0.304. The molecular formula is C25H22BrN3O4. The highest BCUT2D eigenvalue weighted by molar-refractivity contribution is 9.10. The first-order valence-electron chi connectivity index (χ1n) is 10.3. The normalized spacial score (nSPS) is 10.6. The van der Waals surface area contributed by atoms with Crippen LogP contribution in [0.15, 0.2) is 77.4 Å². The molecule has 1 heterocycles. The van der Waals surface area contributed by atoms with Crippen LogP contribution in [0.4, 0.5) is 5.95 Å². The van der Waals surface area contributed by atoms with Gasteiger partial charge in [-0.1, -0.05) is 40.2 Å². The summed E-state index contributed by atoms with van der Waals surface area (Å²) in [5, 5.41) is 10.7. The van der Waals surface area contributed by atoms with Gasteiger partial charge in [0.1, 0.15) is 23.8 Å². The van der Waals surface area contributed by atoms with Crippen LogP contribution in [0.1, 0.15) is 12.5 Å². The SMILES string of the molecule is CCOc1ccccc1Oc1cnc(N)nc1-c1ccc(OCc2ccc(Br)cc2)cc1O. The van der Waals surface area contributed by atoms with Gasteiger partial charge in [0.25, 0.3) is 0 Å². The van der Waals surface area contributed by atoms with Crippen molar-refractivity contribution in [3.05, 3.63) is 83.0 Å². The van der Waals surface area contributed by atoms with Gasteiger partial charge in [-0.2, -0.15) is 0 Å². The molecule has 0 radical (unpaired) electrons. The molecule has 0 spiro atoms. The monoisotopic (exact) mass is 507 g/mol. The molecular weight excluding hydrogens is 486 g/mol. The first kappa shape index (κ1) is 22.4. The van der Waals surface area contributed by atoms with E-state index in [1.165, 1.54) is 12.3 Å². The van der Waals surface area contributed by atoms with Crippen LogP contribution >= 0.6 is 15.9 Å². The first-order chi connectivity index (χ1) is 16.0. The highest BCUT2D eigenvalue weighted by Gasteiger charge is 2.17. The van der Waals surface area contributed by atoms with Crippen molar-refractivity contribution in [2.75, 3.05) is 12.3 Å². The average molecular weight is 508 g/mol. The molecule has 3 N–H and O–H groups in total. The Hall–Kier alpha value is -3.78. The summed E-state index contributed by atoms with van der Waals surface area (Å²) in [6.45, 7) is 2.76. The Kier molecular flexibility index (Phi) is 6.95. The molecule has 7 nitrogen and oxygen atoms in total. The maximum atomic E-state index is 10.7. The number of anilines is 1. The zero-order chi connectivity index (χ0) is 23.2. The van der Waals surface area contributed by atoms with Gasteiger partial charge in [-0.3, -0.25) is 0 Å². The summed E-state index contributed by atoms with van der Waals surface area (Å²) in [6, 6.07) is 20.1. The van der Waals surface area contributed by atoms with Crippen LogP contribution in [0, 0.1) is 0 Å². The van der Waals surface area contributed by atoms with E-state index >= 15 is 0 Å². The van der Waals surface area contributed by atoms with Crippen molar-refractivity contribution in [1.29, 1.82) is 0 Å². The van der Waals surface area contributed by atoms with Crippen LogP contribution in [0.2, 0.25) is 0 Å². The number of phenols is 1. The van der Waals surface area contributed by atoms with E-state index in [0.29, 0.717) is 47.5 Å². The highest BCUT2D eigenvalue weighted by Crippen LogP contribution is 2.40. The van der Waals surface area contributed by atoms with Gasteiger partial charge >= 0.3 is 0 Å². The number of nitrogens with two attached hydrogens (primary N) is 1. The van der Waals surface area contributed by atoms with Crippen molar-refractivity contribution >= 4 is 21.9 Å². The minimum atomic E-state index is -0.0238. The zero-order valence-electron chi connectivity index (χ0n) is 17.9. The van der Waals surface area contributed by atoms with Gasteiger partial charge in [-0.05, 0) is 48.9 Å². The molecule has 4 aromatic rings. The van der Waals surface area contributed by atoms with Crippen molar-refractivity contribution < 1.29 is 19.3 Å². The molecule has 0 fully saturated rings. The first-order valence-corrected chi connectivity index (χ1v) is 11.1. The van der Waals surface area contributed by atoms with Gasteiger partial charge in [-0.15, -0.1) is 0 Å². The molecule has 1 aromatic heterocycles. The van der Waals surface area contributed by atoms with Gasteiger partial charge in [0, 0.05) is 16.1 Å². The minimum Gasteiger partial charge on any atom is -0.507 e. The van der Waals surface area contributed by atoms with E-state index < -0.39 is 0 Å². The maximum Gasteiger partial charge on any atom is 0.220 e. The van der Waals surface area contributed by atoms with Crippen LogP contribution in [-0.2, 0) is 6.61 Å². The molecule has 0 amide bonds. The number of aromatic nitrogens is 2. The van der Waals surface area contributed by atoms with E-state index in [4.69, 9.17) is 19.9 Å². The van der Waals surface area contributed by atoms with Crippen LogP contribution in [0.5, 0.6) is 28.7 Å². The molecule has 0 aliphatic carbocycles. The fraction of sp³-hybridized carbons (Fsp3) is 0.120. The smallest absolute Gasteiger partial charge is 0.220 e. The molecule has 168 valence electrons. The number of phenolic OH excluding ortho intramolecular Hbond substituents is 1. The summed E-state index contributed by atoms with van der Waals surface area (Å²) in [4.78, 5) is 8.35. The van der Waals surface area contributed by atoms with Crippen LogP contribution in [-0.4, -0.2) is 21.7 Å². The van der Waals surface area contributed by atoms with Crippen LogP contribution in [0.3, 0.4) is 0 Å². The number of halogens is 1. The van der Waals surface area contributed by atoms with Crippen molar-refractivity contribution in [3.8, 4) is 40.0 Å². The summed E-state index contributed by atoms with van der Waals surface area (Å²) >= 11 is 3.41. The lowest BCUT2D eigenvalue weighted by Gasteiger charge is -2.15. The number of hydrogen-bond acceptors (Lipinski definition) is 7. The molecule has 0 atom stereocenters. The fourth-order valence-corrected chi connectivity index (χ4v) is 3.39. The molecule has 0 aliphatic heterocycles. The maximum absolute atomic E-state index is 10.7. The Morgan fingerprint density at radius 1 is 0.939 bits per heavy atom. The topological polar surface area (TPSA) is 99.7 Å². The van der Waals surface area contributed by atoms with E-state index in [9.17, 15) is 5.11 Å². The van der Waals surface area contributed by atoms with E-state index in [1.807, 2.05) is 49.4 Å². The Bertz CT molecular complexity index is 1250. The molecule has 4 rings (SSSR count). The molecule has 0 bridgehead atoms. The summed E-state index contributed by atoms with van der Waals surface area (Å²) in [6.07, 6.45) is 1.47. The summed E-state index contributed by atoms with van der Waals surface area (Å²) < 4.78 is 18.5. The van der Waals surface area contributed by atoms with Crippen molar-refractivity contribution in [2.24, 2.45) is 0 Å².